The predicted molar refractivity (Wildman–Crippen MR) is 74.0 cm³/mol. The second-order valence-electron chi connectivity index (χ2n) is 4.98. The van der Waals surface area contributed by atoms with Gasteiger partial charge in [-0.2, -0.15) is 0 Å². The Balaban J connectivity index is 1.99. The molecular weight excluding hydrogens is 226 g/mol. The molecule has 0 bridgehead atoms. The maximum Gasteiger partial charge on any atom is 0.138 e. The summed E-state index contributed by atoms with van der Waals surface area (Å²) in [5, 5.41) is 20.7. The van der Waals surface area contributed by atoms with Crippen molar-refractivity contribution in [1.29, 1.82) is 5.41 Å². The van der Waals surface area contributed by atoms with E-state index in [1.165, 1.54) is 31.7 Å². The predicted octanol–water partition coefficient (Wildman–Crippen LogP) is 2.61. The topological polar surface area (TPSA) is 82.1 Å². The Morgan fingerprint density at radius 2 is 1.89 bits per heavy atom. The smallest absolute Gasteiger partial charge is 0.138 e. The highest BCUT2D eigenvalue weighted by Crippen LogP contribution is 2.21. The van der Waals surface area contributed by atoms with Crippen LogP contribution in [0.15, 0.2) is 18.2 Å². The van der Waals surface area contributed by atoms with Crippen LogP contribution in [0.1, 0.15) is 44.1 Å². The Bertz CT molecular complexity index is 423. The molecule has 1 aliphatic rings. The molecule has 18 heavy (non-hydrogen) atoms. The molecule has 2 rings (SSSR count). The molecule has 0 saturated heterocycles. The molecule has 0 aromatic heterocycles. The van der Waals surface area contributed by atoms with Gasteiger partial charge < -0.3 is 16.2 Å². The largest absolute Gasteiger partial charge is 0.506 e. The molecule has 1 aliphatic carbocycles. The van der Waals surface area contributed by atoms with Crippen LogP contribution in [0.5, 0.6) is 5.75 Å². The Labute approximate surface area is 108 Å². The van der Waals surface area contributed by atoms with Crippen LogP contribution >= 0.6 is 0 Å². The third-order valence-electron chi connectivity index (χ3n) is 3.52. The molecule has 1 fully saturated rings. The number of rotatable bonds is 2. The van der Waals surface area contributed by atoms with Crippen molar-refractivity contribution in [3.8, 4) is 5.75 Å². The van der Waals surface area contributed by atoms with Gasteiger partial charge in [-0.05, 0) is 31.0 Å². The van der Waals surface area contributed by atoms with Gasteiger partial charge in [-0.3, -0.25) is 5.41 Å². The number of hydrogen-bond acceptors (Lipinski definition) is 3. The van der Waals surface area contributed by atoms with Crippen molar-refractivity contribution in [2.24, 2.45) is 0 Å². The Morgan fingerprint density at radius 3 is 2.50 bits per heavy atom. The quantitative estimate of drug-likeness (QED) is 0.213. The number of benzene rings is 1. The summed E-state index contributed by atoms with van der Waals surface area (Å²) in [7, 11) is 0. The lowest BCUT2D eigenvalue weighted by atomic mass is 10.1. The number of nitrogens with one attached hydrogen (secondary N) is 2. The molecule has 0 spiro atoms. The van der Waals surface area contributed by atoms with Crippen molar-refractivity contribution < 1.29 is 5.11 Å². The number of anilines is 1. The van der Waals surface area contributed by atoms with E-state index >= 15 is 0 Å². The van der Waals surface area contributed by atoms with Gasteiger partial charge in [0.15, 0.2) is 0 Å². The van der Waals surface area contributed by atoms with Gasteiger partial charge >= 0.3 is 0 Å². The van der Waals surface area contributed by atoms with Crippen LogP contribution in [0.4, 0.5) is 5.69 Å². The lowest BCUT2D eigenvalue weighted by Crippen LogP contribution is -2.34. The van der Waals surface area contributed by atoms with E-state index in [1.54, 1.807) is 12.1 Å². The average molecular weight is 247 g/mol. The summed E-state index contributed by atoms with van der Waals surface area (Å²) in [4.78, 5) is 0. The van der Waals surface area contributed by atoms with Crippen molar-refractivity contribution in [3.05, 3.63) is 23.8 Å². The molecule has 5 N–H and O–H groups in total. The normalized spacial score (nSPS) is 17.1. The number of hydrogen-bond donors (Lipinski definition) is 4. The van der Waals surface area contributed by atoms with Gasteiger partial charge in [0.2, 0.25) is 0 Å². The first kappa shape index (κ1) is 12.7. The lowest BCUT2D eigenvalue weighted by Gasteiger charge is -2.18. The molecule has 1 aromatic rings. The molecule has 1 saturated carbocycles. The zero-order chi connectivity index (χ0) is 13.0. The standard InChI is InChI=1S/C14H21N3O/c15-12-9-10(7-8-13(12)18)14(16)17-11-5-3-1-2-4-6-11/h7-9,11,18H,1-6,15H2,(H2,16,17). The molecule has 0 amide bonds. The first-order chi connectivity index (χ1) is 8.66. The number of nitrogens with two attached hydrogens (primary N) is 1. The number of aromatic hydroxyl groups is 1. The maximum atomic E-state index is 9.37. The van der Waals surface area contributed by atoms with Crippen LogP contribution in [-0.4, -0.2) is 17.0 Å². The van der Waals surface area contributed by atoms with Crippen molar-refractivity contribution >= 4 is 11.5 Å². The summed E-state index contributed by atoms with van der Waals surface area (Å²) in [6.45, 7) is 0. The SMILES string of the molecule is N=C(NC1CCCCCC1)c1ccc(O)c(N)c1. The highest BCUT2D eigenvalue weighted by Gasteiger charge is 2.14. The molecule has 0 radical (unpaired) electrons. The van der Waals surface area contributed by atoms with Gasteiger partial charge in [0.05, 0.1) is 5.69 Å². The highest BCUT2D eigenvalue weighted by molar-refractivity contribution is 5.97. The zero-order valence-corrected chi connectivity index (χ0v) is 10.6. The van der Waals surface area contributed by atoms with Gasteiger partial charge in [0, 0.05) is 11.6 Å². The van der Waals surface area contributed by atoms with Gasteiger partial charge in [-0.25, -0.2) is 0 Å². The molecular formula is C14H21N3O. The van der Waals surface area contributed by atoms with E-state index in [0.717, 1.165) is 18.4 Å². The molecule has 4 heteroatoms. The van der Waals surface area contributed by atoms with E-state index in [1.807, 2.05) is 0 Å². The van der Waals surface area contributed by atoms with Crippen molar-refractivity contribution in [3.63, 3.8) is 0 Å². The number of nitrogen functional groups attached to an aromatic ring is 1. The van der Waals surface area contributed by atoms with Gasteiger partial charge in [0.1, 0.15) is 11.6 Å². The fourth-order valence-electron chi connectivity index (χ4n) is 2.42. The number of phenolic OH excluding ortho intramolecular Hbond substituents is 1. The number of amidine groups is 1. The van der Waals surface area contributed by atoms with Gasteiger partial charge in [-0.15, -0.1) is 0 Å². The summed E-state index contributed by atoms with van der Waals surface area (Å²) >= 11 is 0. The Kier molecular flexibility index (Phi) is 4.07. The van der Waals surface area contributed by atoms with Crippen LogP contribution in [-0.2, 0) is 0 Å². The van der Waals surface area contributed by atoms with E-state index in [4.69, 9.17) is 11.1 Å². The van der Waals surface area contributed by atoms with Crippen molar-refractivity contribution in [2.75, 3.05) is 5.73 Å². The molecule has 0 unspecified atom stereocenters. The van der Waals surface area contributed by atoms with Crippen LogP contribution in [0, 0.1) is 5.41 Å². The summed E-state index contributed by atoms with van der Waals surface area (Å²) < 4.78 is 0. The lowest BCUT2D eigenvalue weighted by molar-refractivity contribution is 0.478. The molecule has 98 valence electrons. The third kappa shape index (κ3) is 3.15. The second kappa shape index (κ2) is 5.76. The Hall–Kier alpha value is -1.71. The monoisotopic (exact) mass is 247 g/mol. The number of phenols is 1. The van der Waals surface area contributed by atoms with E-state index in [9.17, 15) is 5.11 Å². The first-order valence-corrected chi connectivity index (χ1v) is 6.61. The minimum absolute atomic E-state index is 0.0704. The van der Waals surface area contributed by atoms with Crippen LogP contribution in [0.3, 0.4) is 0 Å². The fourth-order valence-corrected chi connectivity index (χ4v) is 2.42. The van der Waals surface area contributed by atoms with Gasteiger partial charge in [-0.1, -0.05) is 25.7 Å². The third-order valence-corrected chi connectivity index (χ3v) is 3.52. The van der Waals surface area contributed by atoms with Crippen molar-refractivity contribution in [2.45, 2.75) is 44.6 Å². The second-order valence-corrected chi connectivity index (χ2v) is 4.98. The average Bonchev–Trinajstić information content (AvgIpc) is 2.61. The van der Waals surface area contributed by atoms with E-state index < -0.39 is 0 Å². The maximum absolute atomic E-state index is 9.37. The summed E-state index contributed by atoms with van der Waals surface area (Å²) in [5.41, 5.74) is 6.69. The van der Waals surface area contributed by atoms with Crippen molar-refractivity contribution in [1.82, 2.24) is 5.32 Å². The Morgan fingerprint density at radius 1 is 1.22 bits per heavy atom. The summed E-state index contributed by atoms with van der Waals surface area (Å²) in [5.74, 6) is 0.467. The highest BCUT2D eigenvalue weighted by atomic mass is 16.3. The van der Waals surface area contributed by atoms with E-state index in [2.05, 4.69) is 5.32 Å². The summed E-state index contributed by atoms with van der Waals surface area (Å²) in [6, 6.07) is 5.29. The van der Waals surface area contributed by atoms with Crippen LogP contribution in [0.25, 0.3) is 0 Å². The van der Waals surface area contributed by atoms with Crippen LogP contribution in [0.2, 0.25) is 0 Å². The minimum Gasteiger partial charge on any atom is -0.506 e. The fraction of sp³-hybridized carbons (Fsp3) is 0.500. The van der Waals surface area contributed by atoms with Crippen LogP contribution < -0.4 is 11.1 Å². The molecule has 0 heterocycles. The molecule has 0 aliphatic heterocycles. The van der Waals surface area contributed by atoms with E-state index in [0.29, 0.717) is 17.6 Å². The first-order valence-electron chi connectivity index (χ1n) is 6.61. The van der Waals surface area contributed by atoms with E-state index in [-0.39, 0.29) is 5.75 Å². The van der Waals surface area contributed by atoms with Gasteiger partial charge in [0.25, 0.3) is 0 Å². The summed E-state index contributed by atoms with van der Waals surface area (Å²) in [6.07, 6.45) is 7.35. The molecule has 1 aromatic carbocycles. The zero-order valence-electron chi connectivity index (χ0n) is 10.6. The minimum atomic E-state index is 0.0704. The molecule has 0 atom stereocenters. The molecule has 4 nitrogen and oxygen atoms in total.